The van der Waals surface area contributed by atoms with Gasteiger partial charge in [-0.1, -0.05) is 24.3 Å². The first kappa shape index (κ1) is 25.3. The molecular weight excluding hydrogens is 491 g/mol. The Balaban J connectivity index is 0.00000420. The van der Waals surface area contributed by atoms with Crippen LogP contribution in [0.25, 0.3) is 0 Å². The molecule has 0 radical (unpaired) electrons. The summed E-state index contributed by atoms with van der Waals surface area (Å²) in [5.74, 6) is -0.426. The lowest BCUT2D eigenvalue weighted by molar-refractivity contribution is 0.0453. The Labute approximate surface area is 187 Å². The van der Waals surface area contributed by atoms with E-state index in [4.69, 9.17) is 9.47 Å². The smallest absolute Gasteiger partial charge is 0.191 e. The fourth-order valence-electron chi connectivity index (χ4n) is 2.55. The highest BCUT2D eigenvalue weighted by Crippen LogP contribution is 2.09. The summed E-state index contributed by atoms with van der Waals surface area (Å²) in [5.41, 5.74) is 2.38. The van der Waals surface area contributed by atoms with Crippen molar-refractivity contribution in [2.75, 3.05) is 26.9 Å². The minimum Gasteiger partial charge on any atom is -0.379 e. The third-order valence-electron chi connectivity index (χ3n) is 3.97. The maximum Gasteiger partial charge on any atom is 0.191 e. The largest absolute Gasteiger partial charge is 0.379 e. The summed E-state index contributed by atoms with van der Waals surface area (Å²) < 4.78 is 37.8. The maximum absolute atomic E-state index is 13.7. The van der Waals surface area contributed by atoms with E-state index in [9.17, 15) is 8.78 Å². The van der Waals surface area contributed by atoms with Gasteiger partial charge in [-0.15, -0.1) is 24.0 Å². The number of guanidine groups is 1. The summed E-state index contributed by atoms with van der Waals surface area (Å²) in [6.45, 7) is 4.98. The summed E-state index contributed by atoms with van der Waals surface area (Å²) in [7, 11) is 1.62. The Morgan fingerprint density at radius 1 is 0.966 bits per heavy atom. The molecule has 29 heavy (non-hydrogen) atoms. The van der Waals surface area contributed by atoms with Crippen molar-refractivity contribution in [3.8, 4) is 0 Å². The van der Waals surface area contributed by atoms with Gasteiger partial charge in [0.15, 0.2) is 5.96 Å². The third-order valence-corrected chi connectivity index (χ3v) is 3.97. The number of nitrogens with zero attached hydrogens (tertiary/aromatic N) is 1. The molecule has 2 aromatic carbocycles. The average Bonchev–Trinajstić information content (AvgIpc) is 2.70. The minimum atomic E-state index is -0.471. The van der Waals surface area contributed by atoms with Crippen molar-refractivity contribution in [3.05, 3.63) is 70.8 Å². The molecule has 2 N–H and O–H groups in total. The molecule has 160 valence electrons. The van der Waals surface area contributed by atoms with E-state index in [0.717, 1.165) is 23.3 Å². The van der Waals surface area contributed by atoms with Crippen LogP contribution in [0.4, 0.5) is 8.78 Å². The van der Waals surface area contributed by atoms with Gasteiger partial charge in [-0.3, -0.25) is 4.99 Å². The van der Waals surface area contributed by atoms with E-state index in [-0.39, 0.29) is 36.1 Å². The molecule has 0 unspecified atom stereocenters. The normalized spacial score (nSPS) is 11.1. The molecule has 0 aromatic heterocycles. The first-order valence-corrected chi connectivity index (χ1v) is 9.24. The molecule has 5 nitrogen and oxygen atoms in total. The number of aliphatic imine (C=N–C) groups is 1. The molecular formula is C21H28F2IN3O2. The lowest BCUT2D eigenvalue weighted by Gasteiger charge is -2.13. The van der Waals surface area contributed by atoms with Crippen LogP contribution in [-0.4, -0.2) is 32.8 Å². The van der Waals surface area contributed by atoms with Crippen LogP contribution in [0.5, 0.6) is 0 Å². The number of hydrogen-bond donors (Lipinski definition) is 2. The minimum absolute atomic E-state index is 0. The van der Waals surface area contributed by atoms with Crippen molar-refractivity contribution in [3.63, 3.8) is 0 Å². The second kappa shape index (κ2) is 14.2. The van der Waals surface area contributed by atoms with Crippen molar-refractivity contribution in [1.29, 1.82) is 0 Å². The van der Waals surface area contributed by atoms with Gasteiger partial charge in [-0.05, 0) is 36.2 Å². The van der Waals surface area contributed by atoms with Gasteiger partial charge in [0.25, 0.3) is 0 Å². The molecule has 8 heteroatoms. The second-order valence-corrected chi connectivity index (χ2v) is 6.08. The van der Waals surface area contributed by atoms with Crippen LogP contribution < -0.4 is 10.6 Å². The molecule has 0 spiro atoms. The van der Waals surface area contributed by atoms with Crippen molar-refractivity contribution >= 4 is 29.9 Å². The standard InChI is InChI=1S/C21H27F2N3O2.HI/c1-3-27-9-10-28-15-17-6-4-5-16(11-17)13-25-21(24-2)26-14-18-12-19(22)7-8-20(18)23;/h4-8,11-12H,3,9-10,13-15H2,1-2H3,(H2,24,25,26);1H. The lowest BCUT2D eigenvalue weighted by Crippen LogP contribution is -2.36. The van der Waals surface area contributed by atoms with Gasteiger partial charge in [-0.25, -0.2) is 8.78 Å². The number of hydrogen-bond acceptors (Lipinski definition) is 3. The van der Waals surface area contributed by atoms with Gasteiger partial charge in [0.2, 0.25) is 0 Å². The van der Waals surface area contributed by atoms with E-state index in [1.807, 2.05) is 31.2 Å². The molecule has 0 saturated heterocycles. The van der Waals surface area contributed by atoms with Crippen LogP contribution in [-0.2, 0) is 29.2 Å². The van der Waals surface area contributed by atoms with Crippen LogP contribution in [0.2, 0.25) is 0 Å². The van der Waals surface area contributed by atoms with Crippen LogP contribution in [0.15, 0.2) is 47.5 Å². The topological polar surface area (TPSA) is 54.9 Å². The SMILES string of the molecule is CCOCCOCc1cccc(CNC(=NC)NCc2cc(F)ccc2F)c1.I. The van der Waals surface area contributed by atoms with E-state index in [0.29, 0.717) is 38.9 Å². The number of ether oxygens (including phenoxy) is 2. The number of rotatable bonds is 10. The van der Waals surface area contributed by atoms with E-state index in [1.54, 1.807) is 7.05 Å². The number of benzene rings is 2. The summed E-state index contributed by atoms with van der Waals surface area (Å²) >= 11 is 0. The van der Waals surface area contributed by atoms with Crippen LogP contribution in [0.1, 0.15) is 23.6 Å². The predicted octanol–water partition coefficient (Wildman–Crippen LogP) is 4.00. The summed E-state index contributed by atoms with van der Waals surface area (Å²) in [6.07, 6.45) is 0. The number of nitrogens with one attached hydrogen (secondary N) is 2. The molecule has 0 atom stereocenters. The number of halogens is 3. The van der Waals surface area contributed by atoms with E-state index >= 15 is 0 Å². The molecule has 0 heterocycles. The van der Waals surface area contributed by atoms with Gasteiger partial charge >= 0.3 is 0 Å². The molecule has 0 aliphatic heterocycles. The maximum atomic E-state index is 13.7. The van der Waals surface area contributed by atoms with Gasteiger partial charge < -0.3 is 20.1 Å². The van der Waals surface area contributed by atoms with Gasteiger partial charge in [0, 0.05) is 32.3 Å². The Hall–Kier alpha value is -1.78. The third kappa shape index (κ3) is 9.51. The van der Waals surface area contributed by atoms with Gasteiger partial charge in [0.1, 0.15) is 11.6 Å². The first-order valence-electron chi connectivity index (χ1n) is 9.24. The predicted molar refractivity (Wildman–Crippen MR) is 121 cm³/mol. The summed E-state index contributed by atoms with van der Waals surface area (Å²) in [6, 6.07) is 11.4. The van der Waals surface area contributed by atoms with Crippen LogP contribution in [0, 0.1) is 11.6 Å². The molecule has 0 saturated carbocycles. The molecule has 2 rings (SSSR count). The van der Waals surface area contributed by atoms with Gasteiger partial charge in [-0.2, -0.15) is 0 Å². The Morgan fingerprint density at radius 3 is 2.45 bits per heavy atom. The fourth-order valence-corrected chi connectivity index (χ4v) is 2.55. The molecule has 0 fully saturated rings. The van der Waals surface area contributed by atoms with E-state index in [1.165, 1.54) is 6.07 Å². The Bertz CT molecular complexity index is 775. The second-order valence-electron chi connectivity index (χ2n) is 6.08. The summed E-state index contributed by atoms with van der Waals surface area (Å²) in [4.78, 5) is 4.11. The molecule has 0 aliphatic rings. The highest BCUT2D eigenvalue weighted by Gasteiger charge is 2.05. The van der Waals surface area contributed by atoms with E-state index < -0.39 is 11.6 Å². The quantitative estimate of drug-likeness (QED) is 0.216. The zero-order valence-electron chi connectivity index (χ0n) is 16.7. The fraction of sp³-hybridized carbons (Fsp3) is 0.381. The average molecular weight is 519 g/mol. The van der Waals surface area contributed by atoms with Crippen molar-refractivity contribution in [2.45, 2.75) is 26.6 Å². The molecule has 0 amide bonds. The van der Waals surface area contributed by atoms with Crippen LogP contribution in [0.3, 0.4) is 0 Å². The Kier molecular flexibility index (Phi) is 12.4. The molecule has 0 aliphatic carbocycles. The van der Waals surface area contributed by atoms with Crippen LogP contribution >= 0.6 is 24.0 Å². The monoisotopic (exact) mass is 519 g/mol. The van der Waals surface area contributed by atoms with Crippen molar-refractivity contribution in [1.82, 2.24) is 10.6 Å². The van der Waals surface area contributed by atoms with Crippen molar-refractivity contribution < 1.29 is 18.3 Å². The highest BCUT2D eigenvalue weighted by atomic mass is 127. The first-order chi connectivity index (χ1) is 13.6. The van der Waals surface area contributed by atoms with Crippen molar-refractivity contribution in [2.24, 2.45) is 4.99 Å². The molecule has 0 bridgehead atoms. The molecule has 2 aromatic rings. The highest BCUT2D eigenvalue weighted by molar-refractivity contribution is 14.0. The van der Waals surface area contributed by atoms with E-state index in [2.05, 4.69) is 15.6 Å². The summed E-state index contributed by atoms with van der Waals surface area (Å²) in [5, 5.41) is 6.15. The zero-order valence-corrected chi connectivity index (χ0v) is 19.0. The van der Waals surface area contributed by atoms with Gasteiger partial charge in [0.05, 0.1) is 19.8 Å². The lowest BCUT2D eigenvalue weighted by atomic mass is 10.1. The zero-order chi connectivity index (χ0) is 20.2. The Morgan fingerprint density at radius 2 is 1.69 bits per heavy atom.